The predicted molar refractivity (Wildman–Crippen MR) is 78.8 cm³/mol. The van der Waals surface area contributed by atoms with E-state index in [1.807, 2.05) is 0 Å². The van der Waals surface area contributed by atoms with Gasteiger partial charge >= 0.3 is 0 Å². The standard InChI is InChI=1S/C13H12BrFN4O/c1-7-4-8(5-12(17-7)19-16)13(20)18-11-6-9(15)2-3-10(11)14/h2-6H,16H2,1H3,(H,17,19)(H,18,20). The third-order valence-electron chi connectivity index (χ3n) is 2.54. The van der Waals surface area contributed by atoms with Gasteiger partial charge in [0, 0.05) is 15.7 Å². The van der Waals surface area contributed by atoms with Crippen LogP contribution in [0.15, 0.2) is 34.8 Å². The van der Waals surface area contributed by atoms with E-state index in [0.29, 0.717) is 27.2 Å². The molecular formula is C13H12BrFN4O. The lowest BCUT2D eigenvalue weighted by Crippen LogP contribution is -2.15. The SMILES string of the molecule is Cc1cc(C(=O)Nc2cc(F)ccc2Br)cc(NN)n1. The maximum Gasteiger partial charge on any atom is 0.255 e. The molecule has 5 nitrogen and oxygen atoms in total. The van der Waals surface area contributed by atoms with E-state index in [0.717, 1.165) is 0 Å². The molecule has 0 saturated heterocycles. The molecule has 0 bridgehead atoms. The van der Waals surface area contributed by atoms with Crippen LogP contribution in [-0.2, 0) is 0 Å². The lowest BCUT2D eigenvalue weighted by atomic mass is 10.2. The molecule has 20 heavy (non-hydrogen) atoms. The molecule has 0 saturated carbocycles. The Balaban J connectivity index is 2.28. The number of aromatic nitrogens is 1. The highest BCUT2D eigenvalue weighted by Gasteiger charge is 2.11. The number of hydrogen-bond donors (Lipinski definition) is 3. The topological polar surface area (TPSA) is 80.0 Å². The van der Waals surface area contributed by atoms with Gasteiger partial charge in [-0.05, 0) is 53.2 Å². The third kappa shape index (κ3) is 3.31. The van der Waals surface area contributed by atoms with E-state index in [9.17, 15) is 9.18 Å². The summed E-state index contributed by atoms with van der Waals surface area (Å²) in [6, 6.07) is 7.18. The molecule has 0 aliphatic carbocycles. The smallest absolute Gasteiger partial charge is 0.255 e. The van der Waals surface area contributed by atoms with Gasteiger partial charge in [0.05, 0.1) is 5.69 Å². The first-order valence-corrected chi connectivity index (χ1v) is 6.50. The van der Waals surface area contributed by atoms with Crippen molar-refractivity contribution in [3.8, 4) is 0 Å². The quantitative estimate of drug-likeness (QED) is 0.593. The molecule has 1 amide bonds. The van der Waals surface area contributed by atoms with Crippen molar-refractivity contribution in [1.82, 2.24) is 4.98 Å². The van der Waals surface area contributed by atoms with Crippen LogP contribution in [0, 0.1) is 12.7 Å². The molecule has 104 valence electrons. The predicted octanol–water partition coefficient (Wildman–Crippen LogP) is 2.83. The molecule has 0 unspecified atom stereocenters. The molecular weight excluding hydrogens is 327 g/mol. The zero-order valence-electron chi connectivity index (χ0n) is 10.6. The number of nitrogens with two attached hydrogens (primary N) is 1. The first-order chi connectivity index (χ1) is 9.49. The van der Waals surface area contributed by atoms with E-state index in [4.69, 9.17) is 5.84 Å². The summed E-state index contributed by atoms with van der Waals surface area (Å²) in [5, 5.41) is 2.62. The molecule has 1 aromatic carbocycles. The number of carbonyl (C=O) groups is 1. The van der Waals surface area contributed by atoms with Crippen molar-refractivity contribution >= 4 is 33.3 Å². The van der Waals surface area contributed by atoms with Gasteiger partial charge in [0.1, 0.15) is 11.6 Å². The van der Waals surface area contributed by atoms with Crippen LogP contribution in [0.5, 0.6) is 0 Å². The highest BCUT2D eigenvalue weighted by molar-refractivity contribution is 9.10. The highest BCUT2D eigenvalue weighted by atomic mass is 79.9. The monoisotopic (exact) mass is 338 g/mol. The molecule has 0 spiro atoms. The molecule has 1 aromatic heterocycles. The number of anilines is 2. The summed E-state index contributed by atoms with van der Waals surface area (Å²) >= 11 is 3.25. The van der Waals surface area contributed by atoms with Crippen molar-refractivity contribution in [3.63, 3.8) is 0 Å². The second-order valence-electron chi connectivity index (χ2n) is 4.11. The van der Waals surface area contributed by atoms with Crippen LogP contribution in [0.3, 0.4) is 0 Å². The van der Waals surface area contributed by atoms with Crippen molar-refractivity contribution < 1.29 is 9.18 Å². The third-order valence-corrected chi connectivity index (χ3v) is 3.23. The van der Waals surface area contributed by atoms with Crippen LogP contribution in [-0.4, -0.2) is 10.9 Å². The lowest BCUT2D eigenvalue weighted by molar-refractivity contribution is 0.102. The Bertz CT molecular complexity index is 663. The Morgan fingerprint density at radius 1 is 1.35 bits per heavy atom. The van der Waals surface area contributed by atoms with Gasteiger partial charge in [0.25, 0.3) is 5.91 Å². The van der Waals surface area contributed by atoms with E-state index in [1.54, 1.807) is 13.0 Å². The van der Waals surface area contributed by atoms with Crippen LogP contribution >= 0.6 is 15.9 Å². The molecule has 0 fully saturated rings. The van der Waals surface area contributed by atoms with E-state index in [2.05, 4.69) is 31.7 Å². The van der Waals surface area contributed by atoms with Gasteiger partial charge in [0.15, 0.2) is 0 Å². The average Bonchev–Trinajstić information content (AvgIpc) is 2.42. The van der Waals surface area contributed by atoms with E-state index in [-0.39, 0.29) is 5.91 Å². The largest absolute Gasteiger partial charge is 0.321 e. The minimum absolute atomic E-state index is 0.353. The number of amides is 1. The number of halogens is 2. The zero-order chi connectivity index (χ0) is 14.7. The number of benzene rings is 1. The zero-order valence-corrected chi connectivity index (χ0v) is 12.2. The molecule has 2 rings (SSSR count). The highest BCUT2D eigenvalue weighted by Crippen LogP contribution is 2.24. The molecule has 4 N–H and O–H groups in total. The second kappa shape index (κ2) is 5.98. The molecule has 1 heterocycles. The summed E-state index contributed by atoms with van der Waals surface area (Å²) in [7, 11) is 0. The minimum Gasteiger partial charge on any atom is -0.321 e. The Kier molecular flexibility index (Phi) is 4.31. The Morgan fingerprint density at radius 2 is 2.10 bits per heavy atom. The van der Waals surface area contributed by atoms with Gasteiger partial charge in [-0.25, -0.2) is 15.2 Å². The number of nitrogen functional groups attached to an aromatic ring is 1. The van der Waals surface area contributed by atoms with Crippen LogP contribution in [0.1, 0.15) is 16.1 Å². The molecule has 0 aliphatic heterocycles. The van der Waals surface area contributed by atoms with Gasteiger partial charge in [-0.15, -0.1) is 0 Å². The fraction of sp³-hybridized carbons (Fsp3) is 0.0769. The maximum absolute atomic E-state index is 13.2. The van der Waals surface area contributed by atoms with E-state index >= 15 is 0 Å². The summed E-state index contributed by atoms with van der Waals surface area (Å²) in [4.78, 5) is 16.2. The van der Waals surface area contributed by atoms with E-state index in [1.165, 1.54) is 24.3 Å². The van der Waals surface area contributed by atoms with Crippen LogP contribution in [0.4, 0.5) is 15.9 Å². The van der Waals surface area contributed by atoms with Crippen molar-refractivity contribution in [2.24, 2.45) is 5.84 Å². The van der Waals surface area contributed by atoms with Gasteiger partial charge in [-0.1, -0.05) is 0 Å². The molecule has 0 atom stereocenters. The molecule has 0 aliphatic rings. The van der Waals surface area contributed by atoms with E-state index < -0.39 is 5.82 Å². The van der Waals surface area contributed by atoms with Crippen molar-refractivity contribution in [2.75, 3.05) is 10.7 Å². The molecule has 0 radical (unpaired) electrons. The number of rotatable bonds is 3. The summed E-state index contributed by atoms with van der Waals surface area (Å²) in [5.74, 6) is 4.86. The molecule has 7 heteroatoms. The van der Waals surface area contributed by atoms with Gasteiger partial charge < -0.3 is 10.7 Å². The summed E-state index contributed by atoms with van der Waals surface area (Å²) < 4.78 is 13.8. The fourth-order valence-electron chi connectivity index (χ4n) is 1.66. The van der Waals surface area contributed by atoms with Gasteiger partial charge in [-0.2, -0.15) is 0 Å². The number of carbonyl (C=O) groups excluding carboxylic acids is 1. The summed E-state index contributed by atoms with van der Waals surface area (Å²) in [5.41, 5.74) is 3.76. The fourth-order valence-corrected chi connectivity index (χ4v) is 2.01. The number of nitrogens with zero attached hydrogens (tertiary/aromatic N) is 1. The van der Waals surface area contributed by atoms with Crippen molar-refractivity contribution in [3.05, 3.63) is 51.9 Å². The minimum atomic E-state index is -0.432. The number of hydrogen-bond acceptors (Lipinski definition) is 4. The first kappa shape index (κ1) is 14.4. The maximum atomic E-state index is 13.2. The number of aryl methyl sites for hydroxylation is 1. The average molecular weight is 339 g/mol. The lowest BCUT2D eigenvalue weighted by Gasteiger charge is -2.09. The Hall–Kier alpha value is -1.99. The van der Waals surface area contributed by atoms with Crippen LogP contribution in [0.2, 0.25) is 0 Å². The number of hydrazine groups is 1. The second-order valence-corrected chi connectivity index (χ2v) is 4.96. The Morgan fingerprint density at radius 3 is 2.80 bits per heavy atom. The Labute approximate surface area is 123 Å². The van der Waals surface area contributed by atoms with Crippen molar-refractivity contribution in [2.45, 2.75) is 6.92 Å². The first-order valence-electron chi connectivity index (χ1n) is 5.71. The van der Waals surface area contributed by atoms with Gasteiger partial charge in [-0.3, -0.25) is 4.79 Å². The summed E-state index contributed by atoms with van der Waals surface area (Å²) in [6.07, 6.45) is 0. The number of nitrogens with one attached hydrogen (secondary N) is 2. The summed E-state index contributed by atoms with van der Waals surface area (Å²) in [6.45, 7) is 1.75. The molecule has 2 aromatic rings. The van der Waals surface area contributed by atoms with Gasteiger partial charge in [0.2, 0.25) is 0 Å². The number of pyridine rings is 1. The normalized spacial score (nSPS) is 10.2. The van der Waals surface area contributed by atoms with Crippen molar-refractivity contribution in [1.29, 1.82) is 0 Å². The van der Waals surface area contributed by atoms with Crippen LogP contribution < -0.4 is 16.6 Å². The van der Waals surface area contributed by atoms with Crippen LogP contribution in [0.25, 0.3) is 0 Å².